The van der Waals surface area contributed by atoms with Crippen molar-refractivity contribution in [2.24, 2.45) is 5.92 Å². The second kappa shape index (κ2) is 11.9. The molecule has 0 N–H and O–H groups in total. The standard InChI is InChI=1S/C23H32FNO/c1-2-3-4-5-6-7-19-8-10-21(11-9-19)18-26-23-14-12-20(13-15-23)16-22(24)17-25/h8-11,16,20,23H,2-7,12-15,18H2,1H3/b22-16+. The van der Waals surface area contributed by atoms with Crippen molar-refractivity contribution in [2.75, 3.05) is 0 Å². The largest absolute Gasteiger partial charge is 0.374 e. The van der Waals surface area contributed by atoms with Gasteiger partial charge in [-0.05, 0) is 61.6 Å². The van der Waals surface area contributed by atoms with E-state index in [1.165, 1.54) is 55.7 Å². The van der Waals surface area contributed by atoms with Crippen LogP contribution in [0.2, 0.25) is 0 Å². The number of hydrogen-bond donors (Lipinski definition) is 0. The van der Waals surface area contributed by atoms with E-state index in [9.17, 15) is 4.39 Å². The lowest BCUT2D eigenvalue weighted by Gasteiger charge is -2.26. The zero-order valence-electron chi connectivity index (χ0n) is 16.1. The highest BCUT2D eigenvalue weighted by molar-refractivity contribution is 5.22. The van der Waals surface area contributed by atoms with Crippen LogP contribution in [0.4, 0.5) is 4.39 Å². The lowest BCUT2D eigenvalue weighted by molar-refractivity contribution is 0.0109. The molecule has 0 amide bonds. The van der Waals surface area contributed by atoms with Crippen molar-refractivity contribution in [1.82, 2.24) is 0 Å². The molecule has 1 saturated carbocycles. The highest BCUT2D eigenvalue weighted by Gasteiger charge is 2.20. The van der Waals surface area contributed by atoms with Crippen LogP contribution in [0.15, 0.2) is 36.2 Å². The van der Waals surface area contributed by atoms with E-state index in [1.54, 1.807) is 6.07 Å². The van der Waals surface area contributed by atoms with Gasteiger partial charge in [0.15, 0.2) is 5.83 Å². The predicted octanol–water partition coefficient (Wildman–Crippen LogP) is 6.65. The Kier molecular flexibility index (Phi) is 9.42. The van der Waals surface area contributed by atoms with Crippen LogP contribution in [0.3, 0.4) is 0 Å². The van der Waals surface area contributed by atoms with Crippen LogP contribution < -0.4 is 0 Å². The third-order valence-electron chi connectivity index (χ3n) is 5.29. The lowest BCUT2D eigenvalue weighted by Crippen LogP contribution is -2.20. The topological polar surface area (TPSA) is 33.0 Å². The molecule has 3 heteroatoms. The summed E-state index contributed by atoms with van der Waals surface area (Å²) in [6.45, 7) is 2.90. The molecular formula is C23H32FNO. The van der Waals surface area contributed by atoms with Crippen LogP contribution in [-0.2, 0) is 17.8 Å². The van der Waals surface area contributed by atoms with E-state index >= 15 is 0 Å². The Labute approximate surface area is 158 Å². The van der Waals surface area contributed by atoms with E-state index in [-0.39, 0.29) is 12.0 Å². The van der Waals surface area contributed by atoms with Gasteiger partial charge in [-0.1, -0.05) is 56.9 Å². The van der Waals surface area contributed by atoms with Gasteiger partial charge in [0.25, 0.3) is 0 Å². The number of unbranched alkanes of at least 4 members (excludes halogenated alkanes) is 4. The molecule has 0 saturated heterocycles. The zero-order valence-corrected chi connectivity index (χ0v) is 16.1. The second-order valence-electron chi connectivity index (χ2n) is 7.45. The van der Waals surface area contributed by atoms with Crippen LogP contribution in [-0.4, -0.2) is 6.10 Å². The predicted molar refractivity (Wildman–Crippen MR) is 104 cm³/mol. The van der Waals surface area contributed by atoms with Gasteiger partial charge in [0.05, 0.1) is 12.7 Å². The van der Waals surface area contributed by atoms with E-state index < -0.39 is 5.83 Å². The first-order valence-corrected chi connectivity index (χ1v) is 10.2. The average molecular weight is 358 g/mol. The van der Waals surface area contributed by atoms with E-state index in [4.69, 9.17) is 10.00 Å². The molecule has 2 nitrogen and oxygen atoms in total. The summed E-state index contributed by atoms with van der Waals surface area (Å²) in [5.41, 5.74) is 2.63. The first kappa shape index (κ1) is 20.6. The molecule has 142 valence electrons. The summed E-state index contributed by atoms with van der Waals surface area (Å²) in [5, 5.41) is 8.51. The summed E-state index contributed by atoms with van der Waals surface area (Å²) in [4.78, 5) is 0. The number of benzene rings is 1. The summed E-state index contributed by atoms with van der Waals surface area (Å²) in [6, 6.07) is 10.4. The molecule has 0 aliphatic heterocycles. The highest BCUT2D eigenvalue weighted by atomic mass is 19.1. The number of rotatable bonds is 10. The molecule has 2 rings (SSSR count). The molecule has 0 unspecified atom stereocenters. The van der Waals surface area contributed by atoms with E-state index in [0.29, 0.717) is 6.61 Å². The Morgan fingerprint density at radius 3 is 2.38 bits per heavy atom. The van der Waals surface area contributed by atoms with E-state index in [1.807, 2.05) is 0 Å². The number of halogens is 1. The number of nitriles is 1. The van der Waals surface area contributed by atoms with Gasteiger partial charge in [0.1, 0.15) is 6.07 Å². The quantitative estimate of drug-likeness (QED) is 0.347. The number of hydrogen-bond acceptors (Lipinski definition) is 2. The fraction of sp³-hybridized carbons (Fsp3) is 0.609. The zero-order chi connectivity index (χ0) is 18.6. The number of ether oxygens (including phenoxy) is 1. The third-order valence-corrected chi connectivity index (χ3v) is 5.29. The SMILES string of the molecule is CCCCCCCc1ccc(COC2CCC(/C=C(/F)C#N)CC2)cc1. The van der Waals surface area contributed by atoms with Gasteiger partial charge in [-0.2, -0.15) is 9.65 Å². The minimum Gasteiger partial charge on any atom is -0.374 e. The number of allylic oxidation sites excluding steroid dienone is 2. The van der Waals surface area contributed by atoms with Crippen LogP contribution in [0.25, 0.3) is 0 Å². The van der Waals surface area contributed by atoms with Gasteiger partial charge in [-0.15, -0.1) is 0 Å². The number of nitrogens with zero attached hydrogens (tertiary/aromatic N) is 1. The third kappa shape index (κ3) is 7.70. The van der Waals surface area contributed by atoms with E-state index in [2.05, 4.69) is 31.2 Å². The Morgan fingerprint density at radius 1 is 1.08 bits per heavy atom. The summed E-state index contributed by atoms with van der Waals surface area (Å²) < 4.78 is 19.1. The van der Waals surface area contributed by atoms with Gasteiger partial charge in [0.2, 0.25) is 0 Å². The number of aryl methyl sites for hydroxylation is 1. The fourth-order valence-corrected chi connectivity index (χ4v) is 3.62. The molecule has 0 radical (unpaired) electrons. The van der Waals surface area contributed by atoms with Crippen molar-refractivity contribution in [3.63, 3.8) is 0 Å². The monoisotopic (exact) mass is 357 g/mol. The van der Waals surface area contributed by atoms with E-state index in [0.717, 1.165) is 25.7 Å². The van der Waals surface area contributed by atoms with Gasteiger partial charge in [0, 0.05) is 0 Å². The minimum absolute atomic E-state index is 0.186. The molecule has 1 fully saturated rings. The first-order valence-electron chi connectivity index (χ1n) is 10.2. The fourth-order valence-electron chi connectivity index (χ4n) is 3.62. The van der Waals surface area contributed by atoms with Crippen LogP contribution in [0.1, 0.15) is 75.8 Å². The maximum Gasteiger partial charge on any atom is 0.196 e. The van der Waals surface area contributed by atoms with Crippen molar-refractivity contribution < 1.29 is 9.13 Å². The minimum atomic E-state index is -0.653. The van der Waals surface area contributed by atoms with Gasteiger partial charge in [-0.25, -0.2) is 0 Å². The average Bonchev–Trinajstić information content (AvgIpc) is 2.68. The summed E-state index contributed by atoms with van der Waals surface area (Å²) >= 11 is 0. The Hall–Kier alpha value is -1.66. The second-order valence-corrected chi connectivity index (χ2v) is 7.45. The molecule has 26 heavy (non-hydrogen) atoms. The molecule has 0 bridgehead atoms. The summed E-state index contributed by atoms with van der Waals surface area (Å²) in [7, 11) is 0. The summed E-state index contributed by atoms with van der Waals surface area (Å²) in [5.74, 6) is -0.467. The molecule has 1 aromatic rings. The molecule has 1 aromatic carbocycles. The molecular weight excluding hydrogens is 325 g/mol. The highest BCUT2D eigenvalue weighted by Crippen LogP contribution is 2.28. The molecule has 0 aromatic heterocycles. The maximum absolute atomic E-state index is 13.0. The smallest absolute Gasteiger partial charge is 0.196 e. The van der Waals surface area contributed by atoms with Crippen LogP contribution >= 0.6 is 0 Å². The first-order chi connectivity index (χ1) is 12.7. The Morgan fingerprint density at radius 2 is 1.73 bits per heavy atom. The molecule has 0 atom stereocenters. The molecule has 0 heterocycles. The van der Waals surface area contributed by atoms with Crippen molar-refractivity contribution in [2.45, 2.75) is 83.8 Å². The van der Waals surface area contributed by atoms with Gasteiger partial charge >= 0.3 is 0 Å². The Balaban J connectivity index is 1.65. The van der Waals surface area contributed by atoms with Crippen LogP contribution in [0, 0.1) is 17.2 Å². The van der Waals surface area contributed by atoms with Gasteiger partial charge in [-0.3, -0.25) is 0 Å². The van der Waals surface area contributed by atoms with Crippen molar-refractivity contribution in [3.05, 3.63) is 47.3 Å². The molecule has 0 spiro atoms. The van der Waals surface area contributed by atoms with Gasteiger partial charge < -0.3 is 4.74 Å². The Bertz CT molecular complexity index is 579. The van der Waals surface area contributed by atoms with Crippen molar-refractivity contribution >= 4 is 0 Å². The normalized spacial score (nSPS) is 20.7. The maximum atomic E-state index is 13.0. The van der Waals surface area contributed by atoms with Crippen LogP contribution in [0.5, 0.6) is 0 Å². The molecule has 1 aliphatic carbocycles. The molecule has 1 aliphatic rings. The lowest BCUT2D eigenvalue weighted by atomic mass is 9.87. The van der Waals surface area contributed by atoms with Crippen molar-refractivity contribution in [3.8, 4) is 6.07 Å². The summed E-state index contributed by atoms with van der Waals surface area (Å²) in [6.07, 6.45) is 13.2. The van der Waals surface area contributed by atoms with Crippen molar-refractivity contribution in [1.29, 1.82) is 5.26 Å².